The monoisotopic (exact) mass is 624 g/mol. The third kappa shape index (κ3) is 5.05. The fourth-order valence-corrected chi connectivity index (χ4v) is 5.69. The second-order valence-corrected chi connectivity index (χ2v) is 11.7. The van der Waals surface area contributed by atoms with Crippen LogP contribution in [0.15, 0.2) is 51.4 Å². The number of fused-ring (bicyclic) bond motifs is 1. The van der Waals surface area contributed by atoms with Crippen molar-refractivity contribution in [1.29, 1.82) is 0 Å². The Morgan fingerprint density at radius 2 is 1.92 bits per heavy atom. The first-order valence-corrected chi connectivity index (χ1v) is 14.4. The Labute approximate surface area is 230 Å². The van der Waals surface area contributed by atoms with Crippen LogP contribution in [-0.2, 0) is 23.0 Å². The van der Waals surface area contributed by atoms with Crippen molar-refractivity contribution in [2.75, 3.05) is 11.8 Å². The maximum absolute atomic E-state index is 13.0. The predicted octanol–water partition coefficient (Wildman–Crippen LogP) is 6.17. The summed E-state index contributed by atoms with van der Waals surface area (Å²) in [5.41, 5.74) is -2.96. The van der Waals surface area contributed by atoms with Crippen LogP contribution >= 0.6 is 15.9 Å². The number of hydrogen-bond acceptors (Lipinski definition) is 5. The molecule has 0 aliphatic heterocycles. The van der Waals surface area contributed by atoms with E-state index in [1.54, 1.807) is 23.9 Å². The van der Waals surface area contributed by atoms with E-state index in [1.807, 2.05) is 23.6 Å². The van der Waals surface area contributed by atoms with Gasteiger partial charge in [-0.2, -0.15) is 21.6 Å². The number of rotatable bonds is 8. The second kappa shape index (κ2) is 10.0. The number of aromatic nitrogens is 2. The van der Waals surface area contributed by atoms with Gasteiger partial charge in [0.2, 0.25) is 0 Å². The van der Waals surface area contributed by atoms with Crippen LogP contribution in [0.5, 0.6) is 0 Å². The summed E-state index contributed by atoms with van der Waals surface area (Å²) in [5, 5.41) is 3.35. The molecule has 2 heterocycles. The molecule has 1 aliphatic carbocycles. The van der Waals surface area contributed by atoms with Crippen LogP contribution in [0.3, 0.4) is 0 Å². The van der Waals surface area contributed by atoms with E-state index in [4.69, 9.17) is 9.40 Å². The summed E-state index contributed by atoms with van der Waals surface area (Å²) in [6, 6.07) is 11.1. The maximum Gasteiger partial charge on any atom is 0.516 e. The minimum absolute atomic E-state index is 0.133. The van der Waals surface area contributed by atoms with Crippen LogP contribution in [0.2, 0.25) is 0 Å². The molecule has 206 valence electrons. The molecular weight excluding hydrogens is 601 g/mol. The minimum Gasteiger partial charge on any atom is -0.455 e. The first kappa shape index (κ1) is 27.3. The van der Waals surface area contributed by atoms with Gasteiger partial charge >= 0.3 is 15.5 Å². The van der Waals surface area contributed by atoms with Crippen molar-refractivity contribution in [1.82, 2.24) is 14.9 Å². The van der Waals surface area contributed by atoms with Gasteiger partial charge < -0.3 is 14.3 Å². The lowest BCUT2D eigenvalue weighted by atomic mass is 10.1. The fourth-order valence-electron chi connectivity index (χ4n) is 4.50. The van der Waals surface area contributed by atoms with Gasteiger partial charge in [0.15, 0.2) is 5.76 Å². The molecule has 4 aromatic rings. The van der Waals surface area contributed by atoms with Gasteiger partial charge in [0.25, 0.3) is 5.91 Å². The Morgan fingerprint density at radius 1 is 1.21 bits per heavy atom. The lowest BCUT2D eigenvalue weighted by molar-refractivity contribution is -0.0429. The van der Waals surface area contributed by atoms with Gasteiger partial charge in [-0.05, 0) is 58.6 Å². The van der Waals surface area contributed by atoms with Crippen molar-refractivity contribution in [3.05, 3.63) is 69.7 Å². The molecule has 1 fully saturated rings. The van der Waals surface area contributed by atoms with Crippen molar-refractivity contribution < 1.29 is 30.8 Å². The highest BCUT2D eigenvalue weighted by atomic mass is 79.9. The van der Waals surface area contributed by atoms with E-state index in [2.05, 4.69) is 21.2 Å². The molecule has 1 saturated carbocycles. The Hall–Kier alpha value is -3.32. The number of hydrogen-bond donors (Lipinski definition) is 2. The zero-order valence-corrected chi connectivity index (χ0v) is 23.3. The van der Waals surface area contributed by atoms with E-state index >= 15 is 0 Å². The topological polar surface area (TPSA) is 106 Å². The number of halogens is 4. The number of aryl methyl sites for hydroxylation is 1. The largest absolute Gasteiger partial charge is 0.516 e. The number of imidazole rings is 1. The zero-order valence-electron chi connectivity index (χ0n) is 20.9. The number of anilines is 1. The third-order valence-corrected chi connectivity index (χ3v) is 8.43. The second-order valence-electron chi connectivity index (χ2n) is 9.23. The zero-order chi connectivity index (χ0) is 28.1. The van der Waals surface area contributed by atoms with E-state index in [-0.39, 0.29) is 28.8 Å². The lowest BCUT2D eigenvalue weighted by Gasteiger charge is -2.13. The molecule has 2 N–H and O–H groups in total. The van der Waals surface area contributed by atoms with E-state index in [0.717, 1.165) is 29.9 Å². The molecule has 1 aliphatic rings. The number of para-hydroxylation sites is 1. The molecule has 2 aromatic carbocycles. The number of alkyl halides is 3. The molecule has 8 nitrogen and oxygen atoms in total. The summed E-state index contributed by atoms with van der Waals surface area (Å²) < 4.78 is 72.5. The number of carbonyl (C=O) groups is 1. The standard InChI is InChI=1S/C26H24BrF3N4O4S/c1-3-20-32-22(15-9-10-15)23(25(35)31-2)34(20)13-14-8-11-19-17(12-14)21(27)24(38-19)16-6-4-5-7-18(16)33-39(36,37)26(28,29)30/h4-8,11-12,15,33H,3,9-10,13H2,1-2H3,(H,31,35). The Morgan fingerprint density at radius 3 is 2.56 bits per heavy atom. The quantitative estimate of drug-likeness (QED) is 0.244. The number of sulfonamides is 1. The highest BCUT2D eigenvalue weighted by molar-refractivity contribution is 9.10. The van der Waals surface area contributed by atoms with Gasteiger partial charge in [-0.15, -0.1) is 0 Å². The fraction of sp³-hybridized carbons (Fsp3) is 0.308. The molecule has 2 aromatic heterocycles. The number of benzene rings is 2. The average Bonchev–Trinajstić information content (AvgIpc) is 3.60. The molecule has 0 saturated heterocycles. The molecule has 0 radical (unpaired) electrons. The van der Waals surface area contributed by atoms with Gasteiger partial charge in [-0.1, -0.05) is 25.1 Å². The summed E-state index contributed by atoms with van der Waals surface area (Å²) in [7, 11) is -4.05. The minimum atomic E-state index is -5.63. The Bertz CT molecular complexity index is 1690. The summed E-state index contributed by atoms with van der Waals surface area (Å²) in [6.07, 6.45) is 2.64. The van der Waals surface area contributed by atoms with Gasteiger partial charge in [0.05, 0.1) is 15.9 Å². The number of carbonyl (C=O) groups excluding carboxylic acids is 1. The van der Waals surface area contributed by atoms with Crippen LogP contribution in [0.25, 0.3) is 22.3 Å². The van der Waals surface area contributed by atoms with Gasteiger partial charge in [0.1, 0.15) is 17.1 Å². The van der Waals surface area contributed by atoms with E-state index in [9.17, 15) is 26.4 Å². The normalized spacial score (nSPS) is 14.1. The molecule has 0 bridgehead atoms. The van der Waals surface area contributed by atoms with Crippen LogP contribution in [0.4, 0.5) is 18.9 Å². The molecular formula is C26H24BrF3N4O4S. The number of amides is 1. The molecule has 13 heteroatoms. The molecule has 0 spiro atoms. The molecule has 0 atom stereocenters. The van der Waals surface area contributed by atoms with Gasteiger partial charge in [-0.25, -0.2) is 4.98 Å². The first-order chi connectivity index (χ1) is 18.4. The predicted molar refractivity (Wildman–Crippen MR) is 144 cm³/mol. The Kier molecular flexibility index (Phi) is 7.00. The number of nitrogens with one attached hydrogen (secondary N) is 2. The highest BCUT2D eigenvalue weighted by Crippen LogP contribution is 2.43. The van der Waals surface area contributed by atoms with E-state index in [1.165, 1.54) is 18.2 Å². The van der Waals surface area contributed by atoms with Crippen LogP contribution in [-0.4, -0.2) is 36.4 Å². The summed E-state index contributed by atoms with van der Waals surface area (Å²) >= 11 is 3.49. The van der Waals surface area contributed by atoms with E-state index in [0.29, 0.717) is 34.1 Å². The number of nitrogens with zero attached hydrogens (tertiary/aromatic N) is 2. The molecule has 0 unspecified atom stereocenters. The van der Waals surface area contributed by atoms with Crippen LogP contribution in [0, 0.1) is 0 Å². The SMILES string of the molecule is CCc1nc(C2CC2)c(C(=O)NC)n1Cc1ccc2oc(-c3ccccc3NS(=O)(=O)C(F)(F)F)c(Br)c2c1. The van der Waals surface area contributed by atoms with Crippen molar-refractivity contribution in [2.45, 2.75) is 44.2 Å². The third-order valence-electron chi connectivity index (χ3n) is 6.55. The van der Waals surface area contributed by atoms with Crippen molar-refractivity contribution >= 4 is 48.5 Å². The summed E-state index contributed by atoms with van der Waals surface area (Å²) in [6.45, 7) is 2.35. The summed E-state index contributed by atoms with van der Waals surface area (Å²) in [4.78, 5) is 17.6. The van der Waals surface area contributed by atoms with Crippen LogP contribution < -0.4 is 10.0 Å². The smallest absolute Gasteiger partial charge is 0.455 e. The molecule has 5 rings (SSSR count). The lowest BCUT2D eigenvalue weighted by Crippen LogP contribution is -2.30. The van der Waals surface area contributed by atoms with Crippen molar-refractivity contribution in [3.8, 4) is 11.3 Å². The molecule has 39 heavy (non-hydrogen) atoms. The van der Waals surface area contributed by atoms with Gasteiger partial charge in [-0.3, -0.25) is 9.52 Å². The van der Waals surface area contributed by atoms with Crippen LogP contribution in [0.1, 0.15) is 53.3 Å². The van der Waals surface area contributed by atoms with Gasteiger partial charge in [0, 0.05) is 36.9 Å². The molecule has 1 amide bonds. The first-order valence-electron chi connectivity index (χ1n) is 12.2. The Balaban J connectivity index is 1.55. The van der Waals surface area contributed by atoms with Crippen molar-refractivity contribution in [3.63, 3.8) is 0 Å². The van der Waals surface area contributed by atoms with Crippen molar-refractivity contribution in [2.24, 2.45) is 0 Å². The highest BCUT2D eigenvalue weighted by Gasteiger charge is 2.46. The summed E-state index contributed by atoms with van der Waals surface area (Å²) in [5.74, 6) is 1.05. The number of furan rings is 1. The maximum atomic E-state index is 13.0. The average molecular weight is 625 g/mol. The van der Waals surface area contributed by atoms with E-state index < -0.39 is 15.5 Å².